The van der Waals surface area contributed by atoms with Gasteiger partial charge in [0.2, 0.25) is 5.91 Å². The van der Waals surface area contributed by atoms with Gasteiger partial charge >= 0.3 is 0 Å². The Labute approximate surface area is 84.5 Å². The van der Waals surface area contributed by atoms with Crippen LogP contribution in [0.25, 0.3) is 0 Å². The average Bonchev–Trinajstić information content (AvgIpc) is 2.48. The van der Waals surface area contributed by atoms with Gasteiger partial charge in [-0.15, -0.1) is 0 Å². The first-order chi connectivity index (χ1) is 6.65. The Hall–Kier alpha value is -1.31. The molecule has 0 saturated heterocycles. The number of benzene rings is 1. The Morgan fingerprint density at radius 2 is 2.07 bits per heavy atom. The van der Waals surface area contributed by atoms with Crippen LogP contribution in [0.1, 0.15) is 23.6 Å². The highest BCUT2D eigenvalue weighted by Crippen LogP contribution is 2.33. The lowest BCUT2D eigenvalue weighted by molar-refractivity contribution is -0.117. The van der Waals surface area contributed by atoms with Crippen molar-refractivity contribution in [3.63, 3.8) is 0 Å². The summed E-state index contributed by atoms with van der Waals surface area (Å²) in [5.74, 6) is 0.233. The Morgan fingerprint density at radius 3 is 2.71 bits per heavy atom. The molecule has 2 heteroatoms. The van der Waals surface area contributed by atoms with Gasteiger partial charge in [-0.3, -0.25) is 4.79 Å². The maximum Gasteiger partial charge on any atom is 0.231 e. The van der Waals surface area contributed by atoms with E-state index in [4.69, 9.17) is 0 Å². The van der Waals surface area contributed by atoms with Crippen molar-refractivity contribution < 1.29 is 4.79 Å². The summed E-state index contributed by atoms with van der Waals surface area (Å²) in [4.78, 5) is 13.5. The van der Waals surface area contributed by atoms with Crippen LogP contribution in [-0.2, 0) is 11.2 Å². The van der Waals surface area contributed by atoms with Crippen LogP contribution in [-0.4, -0.2) is 12.5 Å². The SMILES string of the molecule is CCN1C(=O)Cc2ccc(C)c(C)c21. The molecular weight excluding hydrogens is 174 g/mol. The van der Waals surface area contributed by atoms with Gasteiger partial charge in [-0.1, -0.05) is 12.1 Å². The van der Waals surface area contributed by atoms with Crippen LogP contribution in [0.2, 0.25) is 0 Å². The van der Waals surface area contributed by atoms with Gasteiger partial charge in [0.15, 0.2) is 0 Å². The second-order valence-electron chi connectivity index (χ2n) is 3.83. The first-order valence-corrected chi connectivity index (χ1v) is 5.04. The molecule has 1 aliphatic heterocycles. The van der Waals surface area contributed by atoms with Crippen LogP contribution in [0.3, 0.4) is 0 Å². The van der Waals surface area contributed by atoms with E-state index in [-0.39, 0.29) is 5.91 Å². The molecule has 0 saturated carbocycles. The highest BCUT2D eigenvalue weighted by molar-refractivity contribution is 6.02. The molecule has 1 aliphatic rings. The van der Waals surface area contributed by atoms with Gasteiger partial charge in [0, 0.05) is 6.54 Å². The zero-order chi connectivity index (χ0) is 10.3. The summed E-state index contributed by atoms with van der Waals surface area (Å²) in [5.41, 5.74) is 4.84. The van der Waals surface area contributed by atoms with Crippen LogP contribution in [0.4, 0.5) is 5.69 Å². The van der Waals surface area contributed by atoms with Gasteiger partial charge in [-0.2, -0.15) is 0 Å². The smallest absolute Gasteiger partial charge is 0.231 e. The molecule has 2 rings (SSSR count). The number of hydrogen-bond acceptors (Lipinski definition) is 1. The molecule has 1 amide bonds. The van der Waals surface area contributed by atoms with Crippen LogP contribution >= 0.6 is 0 Å². The molecule has 0 spiro atoms. The largest absolute Gasteiger partial charge is 0.312 e. The average molecular weight is 189 g/mol. The molecule has 1 aromatic carbocycles. The first kappa shape index (κ1) is 9.25. The zero-order valence-corrected chi connectivity index (χ0v) is 8.92. The maximum atomic E-state index is 11.7. The highest BCUT2D eigenvalue weighted by Gasteiger charge is 2.27. The number of anilines is 1. The van der Waals surface area contributed by atoms with E-state index in [0.29, 0.717) is 6.42 Å². The van der Waals surface area contributed by atoms with Gasteiger partial charge in [0.1, 0.15) is 0 Å². The van der Waals surface area contributed by atoms with Crippen molar-refractivity contribution in [2.75, 3.05) is 11.4 Å². The number of carbonyl (C=O) groups excluding carboxylic acids is 1. The lowest BCUT2D eigenvalue weighted by atomic mass is 10.0. The fraction of sp³-hybridized carbons (Fsp3) is 0.417. The molecule has 74 valence electrons. The monoisotopic (exact) mass is 189 g/mol. The van der Waals surface area contributed by atoms with Crippen LogP contribution in [0.15, 0.2) is 12.1 Å². The van der Waals surface area contributed by atoms with Crippen molar-refractivity contribution in [1.29, 1.82) is 0 Å². The first-order valence-electron chi connectivity index (χ1n) is 5.04. The van der Waals surface area contributed by atoms with E-state index in [0.717, 1.165) is 12.2 Å². The van der Waals surface area contributed by atoms with Gasteiger partial charge in [-0.05, 0) is 37.5 Å². The van der Waals surface area contributed by atoms with Crippen molar-refractivity contribution in [3.8, 4) is 0 Å². The molecule has 0 aliphatic carbocycles. The minimum absolute atomic E-state index is 0.233. The lowest BCUT2D eigenvalue weighted by Crippen LogP contribution is -2.26. The number of fused-ring (bicyclic) bond motifs is 1. The number of nitrogens with zero attached hydrogens (tertiary/aromatic N) is 1. The number of amides is 1. The molecule has 1 aromatic rings. The number of likely N-dealkylation sites (N-methyl/N-ethyl adjacent to an activating group) is 1. The Kier molecular flexibility index (Phi) is 2.06. The molecule has 14 heavy (non-hydrogen) atoms. The van der Waals surface area contributed by atoms with Gasteiger partial charge in [-0.25, -0.2) is 0 Å². The maximum absolute atomic E-state index is 11.7. The summed E-state index contributed by atoms with van der Waals surface area (Å²) in [6.45, 7) is 6.98. The number of aryl methyl sites for hydroxylation is 1. The summed E-state index contributed by atoms with van der Waals surface area (Å²) in [6.07, 6.45) is 0.574. The molecule has 1 heterocycles. The molecule has 0 N–H and O–H groups in total. The van der Waals surface area contributed by atoms with E-state index in [1.807, 2.05) is 11.8 Å². The Balaban J connectivity index is 2.60. The summed E-state index contributed by atoms with van der Waals surface area (Å²) in [5, 5.41) is 0. The molecule has 0 atom stereocenters. The topological polar surface area (TPSA) is 20.3 Å². The minimum atomic E-state index is 0.233. The quantitative estimate of drug-likeness (QED) is 0.663. The standard InChI is InChI=1S/C12H15NO/c1-4-13-11(14)7-10-6-5-8(2)9(3)12(10)13/h5-6H,4,7H2,1-3H3. The van der Waals surface area contributed by atoms with E-state index in [1.54, 1.807) is 0 Å². The third kappa shape index (κ3) is 1.14. The minimum Gasteiger partial charge on any atom is -0.312 e. The van der Waals surface area contributed by atoms with Crippen molar-refractivity contribution in [1.82, 2.24) is 0 Å². The van der Waals surface area contributed by atoms with E-state index in [2.05, 4.69) is 26.0 Å². The van der Waals surface area contributed by atoms with Crippen molar-refractivity contribution >= 4 is 11.6 Å². The molecule has 0 bridgehead atoms. The van der Waals surface area contributed by atoms with E-state index < -0.39 is 0 Å². The number of rotatable bonds is 1. The number of carbonyl (C=O) groups is 1. The van der Waals surface area contributed by atoms with Crippen LogP contribution in [0, 0.1) is 13.8 Å². The van der Waals surface area contributed by atoms with Gasteiger partial charge in [0.25, 0.3) is 0 Å². The predicted molar refractivity (Wildman–Crippen MR) is 57.6 cm³/mol. The van der Waals surface area contributed by atoms with E-state index in [9.17, 15) is 4.79 Å². The molecule has 0 unspecified atom stereocenters. The Morgan fingerprint density at radius 1 is 1.36 bits per heavy atom. The zero-order valence-electron chi connectivity index (χ0n) is 8.92. The normalized spacial score (nSPS) is 14.8. The van der Waals surface area contributed by atoms with Crippen LogP contribution < -0.4 is 4.90 Å². The fourth-order valence-electron chi connectivity index (χ4n) is 2.09. The van der Waals surface area contributed by atoms with Crippen LogP contribution in [0.5, 0.6) is 0 Å². The second kappa shape index (κ2) is 3.12. The molecular formula is C12H15NO. The van der Waals surface area contributed by atoms with Gasteiger partial charge in [0.05, 0.1) is 12.1 Å². The summed E-state index contributed by atoms with van der Waals surface area (Å²) in [6, 6.07) is 4.17. The molecule has 0 radical (unpaired) electrons. The summed E-state index contributed by atoms with van der Waals surface area (Å²) < 4.78 is 0. The summed E-state index contributed by atoms with van der Waals surface area (Å²) >= 11 is 0. The second-order valence-corrected chi connectivity index (χ2v) is 3.83. The summed E-state index contributed by atoms with van der Waals surface area (Å²) in [7, 11) is 0. The number of hydrogen-bond donors (Lipinski definition) is 0. The van der Waals surface area contributed by atoms with E-state index >= 15 is 0 Å². The Bertz CT molecular complexity index is 396. The third-order valence-corrected chi connectivity index (χ3v) is 3.01. The van der Waals surface area contributed by atoms with Gasteiger partial charge < -0.3 is 4.90 Å². The molecule has 0 fully saturated rings. The fourth-order valence-corrected chi connectivity index (χ4v) is 2.09. The predicted octanol–water partition coefficient (Wildman–Crippen LogP) is 2.21. The highest BCUT2D eigenvalue weighted by atomic mass is 16.2. The lowest BCUT2D eigenvalue weighted by Gasteiger charge is -2.18. The van der Waals surface area contributed by atoms with E-state index in [1.165, 1.54) is 16.7 Å². The molecule has 0 aromatic heterocycles. The van der Waals surface area contributed by atoms with Crippen molar-refractivity contribution in [2.45, 2.75) is 27.2 Å². The molecule has 2 nitrogen and oxygen atoms in total. The third-order valence-electron chi connectivity index (χ3n) is 3.01. The van der Waals surface area contributed by atoms with Crippen molar-refractivity contribution in [2.24, 2.45) is 0 Å². The van der Waals surface area contributed by atoms with Crippen molar-refractivity contribution in [3.05, 3.63) is 28.8 Å².